The molecular weight excluding hydrogens is 106 g/mol. The van der Waals surface area contributed by atoms with Crippen molar-refractivity contribution in [2.24, 2.45) is 0 Å². The molecule has 0 bridgehead atoms. The van der Waals surface area contributed by atoms with Gasteiger partial charge >= 0.3 is 5.63 Å². The average molecular weight is 111 g/mol. The maximum absolute atomic E-state index is 10.2. The van der Waals surface area contributed by atoms with Gasteiger partial charge in [-0.25, -0.2) is 4.79 Å². The molecule has 3 heteroatoms. The smallest absolute Gasteiger partial charge is 0.337 e. The molecule has 0 saturated carbocycles. The van der Waals surface area contributed by atoms with E-state index in [1.54, 1.807) is 6.07 Å². The molecule has 0 amide bonds. The van der Waals surface area contributed by atoms with Crippen molar-refractivity contribution in [3.63, 3.8) is 0 Å². The van der Waals surface area contributed by atoms with Gasteiger partial charge in [-0.05, 0) is 12.1 Å². The van der Waals surface area contributed by atoms with Gasteiger partial charge in [0.15, 0.2) is 5.88 Å². The summed E-state index contributed by atoms with van der Waals surface area (Å²) in [5.41, 5.74) is 4.68. The van der Waals surface area contributed by atoms with Gasteiger partial charge in [0.05, 0.1) is 0 Å². The van der Waals surface area contributed by atoms with Crippen molar-refractivity contribution in [3.8, 4) is 0 Å². The van der Waals surface area contributed by atoms with Crippen molar-refractivity contribution in [1.29, 1.82) is 0 Å². The van der Waals surface area contributed by atoms with Crippen LogP contribution in [0.4, 0.5) is 5.88 Å². The normalized spacial score (nSPS) is 9.00. The van der Waals surface area contributed by atoms with E-state index in [1.165, 1.54) is 12.1 Å². The molecule has 0 unspecified atom stereocenters. The summed E-state index contributed by atoms with van der Waals surface area (Å²) in [5.74, 6) is 0.150. The van der Waals surface area contributed by atoms with Gasteiger partial charge < -0.3 is 10.2 Å². The van der Waals surface area contributed by atoms with Gasteiger partial charge in [0.1, 0.15) is 0 Å². The van der Waals surface area contributed by atoms with E-state index < -0.39 is 5.63 Å². The second-order valence-electron chi connectivity index (χ2n) is 1.35. The molecule has 0 fully saturated rings. The highest BCUT2D eigenvalue weighted by atomic mass is 16.4. The van der Waals surface area contributed by atoms with Crippen LogP contribution in [0.5, 0.6) is 0 Å². The molecule has 3 nitrogen and oxygen atoms in total. The lowest BCUT2D eigenvalue weighted by Crippen LogP contribution is -1.96. The van der Waals surface area contributed by atoms with E-state index in [0.29, 0.717) is 0 Å². The van der Waals surface area contributed by atoms with Gasteiger partial charge in [-0.1, -0.05) is 0 Å². The molecule has 1 aromatic heterocycles. The summed E-state index contributed by atoms with van der Waals surface area (Å²) < 4.78 is 4.40. The van der Waals surface area contributed by atoms with Crippen LogP contribution in [0.1, 0.15) is 0 Å². The van der Waals surface area contributed by atoms with E-state index in [4.69, 9.17) is 5.73 Å². The van der Waals surface area contributed by atoms with Crippen LogP contribution in [-0.2, 0) is 0 Å². The first kappa shape index (κ1) is 4.90. The SMILES string of the molecule is Nc1cccc(=O)o1. The molecule has 0 spiro atoms. The molecular formula is C5H5NO2. The molecule has 42 valence electrons. The predicted octanol–water partition coefficient (Wildman–Crippen LogP) is 0.222. The van der Waals surface area contributed by atoms with Crippen LogP contribution in [0.25, 0.3) is 0 Å². The summed E-state index contributed by atoms with van der Waals surface area (Å²) in [5, 5.41) is 0. The maximum atomic E-state index is 10.2. The maximum Gasteiger partial charge on any atom is 0.337 e. The van der Waals surface area contributed by atoms with Crippen LogP contribution in [0.15, 0.2) is 27.4 Å². The van der Waals surface area contributed by atoms with Crippen molar-refractivity contribution in [2.45, 2.75) is 0 Å². The lowest BCUT2D eigenvalue weighted by Gasteiger charge is -1.83. The predicted molar refractivity (Wildman–Crippen MR) is 29.4 cm³/mol. The number of rotatable bonds is 0. The van der Waals surface area contributed by atoms with Crippen molar-refractivity contribution in [1.82, 2.24) is 0 Å². The van der Waals surface area contributed by atoms with Crippen molar-refractivity contribution >= 4 is 5.88 Å². The van der Waals surface area contributed by atoms with Gasteiger partial charge in [-0.15, -0.1) is 0 Å². The number of nitrogen functional groups attached to an aromatic ring is 1. The van der Waals surface area contributed by atoms with Gasteiger partial charge in [-0.2, -0.15) is 0 Å². The first-order valence-corrected chi connectivity index (χ1v) is 2.15. The molecule has 0 aliphatic rings. The fraction of sp³-hybridized carbons (Fsp3) is 0. The third kappa shape index (κ3) is 0.872. The Balaban J connectivity index is 3.28. The van der Waals surface area contributed by atoms with Crippen molar-refractivity contribution < 1.29 is 4.42 Å². The van der Waals surface area contributed by atoms with Crippen LogP contribution < -0.4 is 11.4 Å². The molecule has 0 aromatic carbocycles. The summed E-state index contributed by atoms with van der Waals surface area (Å²) >= 11 is 0. The Morgan fingerprint density at radius 1 is 1.50 bits per heavy atom. The minimum absolute atomic E-state index is 0.150. The molecule has 0 atom stereocenters. The zero-order valence-corrected chi connectivity index (χ0v) is 4.13. The molecule has 2 N–H and O–H groups in total. The van der Waals surface area contributed by atoms with Crippen LogP contribution >= 0.6 is 0 Å². The van der Waals surface area contributed by atoms with E-state index in [1.807, 2.05) is 0 Å². The van der Waals surface area contributed by atoms with Crippen molar-refractivity contribution in [3.05, 3.63) is 28.6 Å². The van der Waals surface area contributed by atoms with Crippen LogP contribution in [0.3, 0.4) is 0 Å². The Labute approximate surface area is 45.7 Å². The Hall–Kier alpha value is -1.25. The molecule has 1 aromatic rings. The number of hydrogen-bond donors (Lipinski definition) is 1. The van der Waals surface area contributed by atoms with Gasteiger partial charge in [-0.3, -0.25) is 0 Å². The minimum Gasteiger partial charge on any atom is -0.407 e. The van der Waals surface area contributed by atoms with E-state index in [2.05, 4.69) is 4.42 Å². The second kappa shape index (κ2) is 1.69. The van der Waals surface area contributed by atoms with Crippen molar-refractivity contribution in [2.75, 3.05) is 5.73 Å². The molecule has 0 aliphatic carbocycles. The minimum atomic E-state index is -0.412. The third-order valence-corrected chi connectivity index (χ3v) is 0.711. The number of anilines is 1. The van der Waals surface area contributed by atoms with Crippen LogP contribution in [0.2, 0.25) is 0 Å². The fourth-order valence-corrected chi connectivity index (χ4v) is 0.406. The van der Waals surface area contributed by atoms with Gasteiger partial charge in [0.25, 0.3) is 0 Å². The monoisotopic (exact) mass is 111 g/mol. The number of nitrogens with two attached hydrogens (primary N) is 1. The topological polar surface area (TPSA) is 56.2 Å². The lowest BCUT2D eigenvalue weighted by molar-refractivity contribution is 0.531. The Morgan fingerprint density at radius 2 is 2.25 bits per heavy atom. The van der Waals surface area contributed by atoms with Gasteiger partial charge in [0.2, 0.25) is 0 Å². The first-order valence-electron chi connectivity index (χ1n) is 2.15. The molecule has 0 saturated heterocycles. The summed E-state index contributed by atoms with van der Waals surface area (Å²) in [6.07, 6.45) is 0. The van der Waals surface area contributed by atoms with E-state index in [-0.39, 0.29) is 5.88 Å². The summed E-state index contributed by atoms with van der Waals surface area (Å²) in [4.78, 5) is 10.2. The highest BCUT2D eigenvalue weighted by Crippen LogP contribution is 1.91. The average Bonchev–Trinajstić information content (AvgIpc) is 1.64. The highest BCUT2D eigenvalue weighted by molar-refractivity contribution is 5.20. The van der Waals surface area contributed by atoms with E-state index in [9.17, 15) is 4.79 Å². The van der Waals surface area contributed by atoms with Gasteiger partial charge in [0, 0.05) is 6.07 Å². The third-order valence-electron chi connectivity index (χ3n) is 0.711. The lowest BCUT2D eigenvalue weighted by atomic mass is 10.5. The Kier molecular flexibility index (Phi) is 1.04. The Bertz CT molecular complexity index is 228. The largest absolute Gasteiger partial charge is 0.407 e. The zero-order chi connectivity index (χ0) is 5.98. The summed E-state index contributed by atoms with van der Waals surface area (Å²) in [6, 6.07) is 4.36. The molecule has 8 heavy (non-hydrogen) atoms. The Morgan fingerprint density at radius 3 is 2.62 bits per heavy atom. The van der Waals surface area contributed by atoms with Crippen LogP contribution in [0, 0.1) is 0 Å². The molecule has 1 heterocycles. The fourth-order valence-electron chi connectivity index (χ4n) is 0.406. The summed E-state index contributed by atoms with van der Waals surface area (Å²) in [7, 11) is 0. The highest BCUT2D eigenvalue weighted by Gasteiger charge is 1.83. The standard InChI is InChI=1S/C5H5NO2/c6-4-2-1-3-5(7)8-4/h1-3H,6H2. The second-order valence-corrected chi connectivity index (χ2v) is 1.35. The van der Waals surface area contributed by atoms with Crippen LogP contribution in [-0.4, -0.2) is 0 Å². The first-order chi connectivity index (χ1) is 3.79. The van der Waals surface area contributed by atoms with E-state index >= 15 is 0 Å². The molecule has 0 radical (unpaired) electrons. The van der Waals surface area contributed by atoms with E-state index in [0.717, 1.165) is 0 Å². The zero-order valence-electron chi connectivity index (χ0n) is 4.13. The molecule has 1 rings (SSSR count). The number of hydrogen-bond acceptors (Lipinski definition) is 3. The molecule has 0 aliphatic heterocycles. The quantitative estimate of drug-likeness (QED) is 0.521. The summed E-state index contributed by atoms with van der Waals surface area (Å²) in [6.45, 7) is 0.